The van der Waals surface area contributed by atoms with Gasteiger partial charge in [0, 0.05) is 17.6 Å². The molecule has 2 aliphatic rings. The average Bonchev–Trinajstić information content (AvgIpc) is 3.05. The fourth-order valence-electron chi connectivity index (χ4n) is 3.11. The highest BCUT2D eigenvalue weighted by molar-refractivity contribution is 6.14. The highest BCUT2D eigenvalue weighted by atomic mass is 16.6. The van der Waals surface area contributed by atoms with Crippen LogP contribution in [0.3, 0.4) is 0 Å². The highest BCUT2D eigenvalue weighted by Gasteiger charge is 2.36. The summed E-state index contributed by atoms with van der Waals surface area (Å²) in [7, 11) is 0. The van der Waals surface area contributed by atoms with E-state index in [1.165, 1.54) is 0 Å². The molecule has 28 heavy (non-hydrogen) atoms. The lowest BCUT2D eigenvalue weighted by Gasteiger charge is -2.15. The van der Waals surface area contributed by atoms with Gasteiger partial charge in [0.25, 0.3) is 0 Å². The number of carbonyl (C=O) groups excluding carboxylic acids is 4. The van der Waals surface area contributed by atoms with Gasteiger partial charge < -0.3 is 14.6 Å². The molecule has 2 aliphatic heterocycles. The maximum atomic E-state index is 12.0. The molecule has 0 saturated heterocycles. The van der Waals surface area contributed by atoms with Gasteiger partial charge in [0.2, 0.25) is 0 Å². The number of rotatable bonds is 10. The molecule has 0 radical (unpaired) electrons. The molecular formula is C20H22O8. The van der Waals surface area contributed by atoms with E-state index >= 15 is 0 Å². The maximum Gasteiger partial charge on any atom is 0.346 e. The molecule has 0 unspecified atom stereocenters. The molecule has 0 aromatic carbocycles. The number of esters is 4. The van der Waals surface area contributed by atoms with Crippen LogP contribution in [0.25, 0.3) is 0 Å². The van der Waals surface area contributed by atoms with Crippen LogP contribution in [-0.2, 0) is 33.4 Å². The Balaban J connectivity index is 2.26. The van der Waals surface area contributed by atoms with E-state index in [1.54, 1.807) is 12.2 Å². The first-order valence-corrected chi connectivity index (χ1v) is 9.14. The zero-order chi connectivity index (χ0) is 20.8. The van der Waals surface area contributed by atoms with Crippen molar-refractivity contribution in [2.24, 2.45) is 5.92 Å². The van der Waals surface area contributed by atoms with Gasteiger partial charge in [-0.1, -0.05) is 32.4 Å². The van der Waals surface area contributed by atoms with E-state index < -0.39 is 29.8 Å². The summed E-state index contributed by atoms with van der Waals surface area (Å²) in [5.41, 5.74) is 0.653. The molecule has 0 fully saturated rings. The number of hydrogen-bond donors (Lipinski definition) is 1. The van der Waals surface area contributed by atoms with Gasteiger partial charge in [-0.25, -0.2) is 19.2 Å². The smallest absolute Gasteiger partial charge is 0.346 e. The summed E-state index contributed by atoms with van der Waals surface area (Å²) < 4.78 is 9.33. The summed E-state index contributed by atoms with van der Waals surface area (Å²) in [4.78, 5) is 58.6. The molecule has 0 saturated carbocycles. The van der Waals surface area contributed by atoms with Crippen LogP contribution in [0.1, 0.15) is 52.4 Å². The van der Waals surface area contributed by atoms with Crippen LogP contribution in [0.4, 0.5) is 0 Å². The van der Waals surface area contributed by atoms with E-state index in [4.69, 9.17) is 9.84 Å². The van der Waals surface area contributed by atoms with Crippen molar-refractivity contribution in [3.8, 4) is 0 Å². The Kier molecular flexibility index (Phi) is 7.03. The number of carbonyl (C=O) groups is 5. The van der Waals surface area contributed by atoms with Crippen LogP contribution in [0.15, 0.2) is 34.4 Å². The second kappa shape index (κ2) is 9.25. The second-order valence-electron chi connectivity index (χ2n) is 6.59. The Hall–Kier alpha value is -3.03. The first kappa shape index (κ1) is 21.3. The molecule has 1 N–H and O–H groups in total. The molecule has 2 rings (SSSR count). The zero-order valence-electron chi connectivity index (χ0n) is 15.8. The summed E-state index contributed by atoms with van der Waals surface area (Å²) in [6, 6.07) is 0. The van der Waals surface area contributed by atoms with Crippen molar-refractivity contribution in [3.63, 3.8) is 0 Å². The number of carboxylic acid groups (broad SMARTS) is 1. The summed E-state index contributed by atoms with van der Waals surface area (Å²) >= 11 is 0. The zero-order valence-corrected chi connectivity index (χ0v) is 15.8. The summed E-state index contributed by atoms with van der Waals surface area (Å²) in [5.74, 6) is -4.32. The predicted octanol–water partition coefficient (Wildman–Crippen LogP) is 2.38. The molecule has 8 nitrogen and oxygen atoms in total. The predicted molar refractivity (Wildman–Crippen MR) is 95.6 cm³/mol. The minimum absolute atomic E-state index is 0.0657. The van der Waals surface area contributed by atoms with E-state index in [2.05, 4.69) is 4.74 Å². The monoisotopic (exact) mass is 390 g/mol. The Morgan fingerprint density at radius 1 is 0.929 bits per heavy atom. The van der Waals surface area contributed by atoms with Gasteiger partial charge in [-0.15, -0.1) is 0 Å². The number of cyclic esters (lactones) is 4. The van der Waals surface area contributed by atoms with Crippen molar-refractivity contribution < 1.29 is 38.6 Å². The van der Waals surface area contributed by atoms with Gasteiger partial charge >= 0.3 is 29.8 Å². The largest absolute Gasteiger partial charge is 0.481 e. The van der Waals surface area contributed by atoms with Crippen molar-refractivity contribution in [1.29, 1.82) is 0 Å². The van der Waals surface area contributed by atoms with Gasteiger partial charge in [0.05, 0.1) is 11.1 Å². The normalized spacial score (nSPS) is 18.4. The summed E-state index contributed by atoms with van der Waals surface area (Å²) in [6.45, 7) is 3.75. The third kappa shape index (κ3) is 4.82. The molecule has 2 heterocycles. The van der Waals surface area contributed by atoms with Crippen LogP contribution >= 0.6 is 0 Å². The van der Waals surface area contributed by atoms with Crippen molar-refractivity contribution in [1.82, 2.24) is 0 Å². The fourth-order valence-corrected chi connectivity index (χ4v) is 3.11. The van der Waals surface area contributed by atoms with Crippen molar-refractivity contribution in [3.05, 3.63) is 34.4 Å². The van der Waals surface area contributed by atoms with Gasteiger partial charge in [-0.3, -0.25) is 4.79 Å². The number of aliphatic carboxylic acids is 1. The van der Waals surface area contributed by atoms with Crippen molar-refractivity contribution in [2.75, 3.05) is 0 Å². The molecular weight excluding hydrogens is 368 g/mol. The number of carboxylic acids is 1. The quantitative estimate of drug-likeness (QED) is 0.445. The Morgan fingerprint density at radius 3 is 2.11 bits per heavy atom. The molecule has 0 bridgehead atoms. The molecule has 1 atom stereocenters. The van der Waals surface area contributed by atoms with Crippen LogP contribution in [0.5, 0.6) is 0 Å². The standard InChI is InChI=1S/C20H22O8/c1-3-5-6-12-14(19(25)27-17(12)23)9-11(4-2)10-15-13(7-8-16(21)22)18(24)28-20(15)26/h5-6,11H,3-4,7-10H2,1-2H3,(H,21,22)/t11-/m0/s1. The van der Waals surface area contributed by atoms with E-state index in [-0.39, 0.29) is 53.9 Å². The molecule has 150 valence electrons. The third-order valence-electron chi connectivity index (χ3n) is 4.69. The molecule has 8 heteroatoms. The molecule has 0 aromatic rings. The highest BCUT2D eigenvalue weighted by Crippen LogP contribution is 2.33. The first-order valence-electron chi connectivity index (χ1n) is 9.14. The Morgan fingerprint density at radius 2 is 1.50 bits per heavy atom. The Bertz CT molecular complexity index is 812. The van der Waals surface area contributed by atoms with Gasteiger partial charge in [-0.2, -0.15) is 0 Å². The number of ether oxygens (including phenoxy) is 2. The summed E-state index contributed by atoms with van der Waals surface area (Å²) in [6.07, 6.45) is 4.49. The van der Waals surface area contributed by atoms with Crippen LogP contribution in [0.2, 0.25) is 0 Å². The van der Waals surface area contributed by atoms with Gasteiger partial charge in [-0.05, 0) is 31.6 Å². The lowest BCUT2D eigenvalue weighted by Crippen LogP contribution is -2.11. The van der Waals surface area contributed by atoms with E-state index in [9.17, 15) is 24.0 Å². The average molecular weight is 390 g/mol. The minimum Gasteiger partial charge on any atom is -0.481 e. The maximum absolute atomic E-state index is 12.0. The van der Waals surface area contributed by atoms with Crippen molar-refractivity contribution in [2.45, 2.75) is 52.4 Å². The molecule has 0 aromatic heterocycles. The van der Waals surface area contributed by atoms with Crippen LogP contribution in [-0.4, -0.2) is 35.0 Å². The van der Waals surface area contributed by atoms with Crippen LogP contribution < -0.4 is 0 Å². The van der Waals surface area contributed by atoms with Gasteiger partial charge in [0.15, 0.2) is 0 Å². The Labute approximate surface area is 161 Å². The number of hydrogen-bond acceptors (Lipinski definition) is 7. The van der Waals surface area contributed by atoms with Gasteiger partial charge in [0.1, 0.15) is 0 Å². The summed E-state index contributed by atoms with van der Waals surface area (Å²) in [5, 5.41) is 8.83. The molecule has 0 amide bonds. The van der Waals surface area contributed by atoms with E-state index in [0.717, 1.165) is 0 Å². The van der Waals surface area contributed by atoms with E-state index in [1.807, 2.05) is 13.8 Å². The second-order valence-corrected chi connectivity index (χ2v) is 6.59. The number of allylic oxidation sites excluding steroid dienone is 1. The van der Waals surface area contributed by atoms with Crippen molar-refractivity contribution >= 4 is 29.8 Å². The lowest BCUT2D eigenvalue weighted by atomic mass is 9.87. The molecule has 0 spiro atoms. The van der Waals surface area contributed by atoms with E-state index in [0.29, 0.717) is 12.8 Å². The SMILES string of the molecule is CCC=CC1=C(C[C@H](CC)CC2=C(CCC(=O)O)C(=O)OC2=O)C(=O)OC1=O. The topological polar surface area (TPSA) is 124 Å². The fraction of sp³-hybridized carbons (Fsp3) is 0.450. The minimum atomic E-state index is -1.09. The molecule has 0 aliphatic carbocycles. The van der Waals surface area contributed by atoms with Crippen LogP contribution in [0, 0.1) is 5.92 Å². The third-order valence-corrected chi connectivity index (χ3v) is 4.69. The lowest BCUT2D eigenvalue weighted by molar-refractivity contribution is -0.152. The first-order chi connectivity index (χ1) is 13.3.